The Morgan fingerprint density at radius 2 is 1.86 bits per heavy atom. The molecule has 70 valence electrons. The SMILES string of the molecule is NC1=CCC(=Cc2ccccc2)C=C1. The van der Waals surface area contributed by atoms with E-state index < -0.39 is 0 Å². The fraction of sp³-hybridized carbons (Fsp3) is 0.0769. The van der Waals surface area contributed by atoms with E-state index in [0.29, 0.717) is 0 Å². The molecule has 0 atom stereocenters. The molecule has 14 heavy (non-hydrogen) atoms. The average molecular weight is 183 g/mol. The Morgan fingerprint density at radius 1 is 1.07 bits per heavy atom. The first kappa shape index (κ1) is 8.82. The highest BCUT2D eigenvalue weighted by Crippen LogP contribution is 2.16. The predicted molar refractivity (Wildman–Crippen MR) is 60.4 cm³/mol. The maximum absolute atomic E-state index is 5.64. The Hall–Kier alpha value is -1.76. The van der Waals surface area contributed by atoms with Gasteiger partial charge >= 0.3 is 0 Å². The summed E-state index contributed by atoms with van der Waals surface area (Å²) in [6.45, 7) is 0. The molecule has 0 unspecified atom stereocenters. The first-order valence-electron chi connectivity index (χ1n) is 4.74. The molecule has 0 saturated heterocycles. The van der Waals surface area contributed by atoms with Gasteiger partial charge in [-0.1, -0.05) is 48.6 Å². The van der Waals surface area contributed by atoms with Gasteiger partial charge < -0.3 is 5.73 Å². The minimum Gasteiger partial charge on any atom is -0.399 e. The summed E-state index contributed by atoms with van der Waals surface area (Å²) >= 11 is 0. The van der Waals surface area contributed by atoms with Crippen molar-refractivity contribution in [2.75, 3.05) is 0 Å². The number of rotatable bonds is 1. The van der Waals surface area contributed by atoms with E-state index in [1.165, 1.54) is 11.1 Å². The van der Waals surface area contributed by atoms with Crippen LogP contribution in [0.1, 0.15) is 12.0 Å². The molecule has 1 aliphatic carbocycles. The number of hydrogen-bond donors (Lipinski definition) is 1. The van der Waals surface area contributed by atoms with Crippen LogP contribution in [0.5, 0.6) is 0 Å². The van der Waals surface area contributed by atoms with Crippen molar-refractivity contribution < 1.29 is 0 Å². The Labute approximate surface area is 84.3 Å². The molecule has 2 N–H and O–H groups in total. The monoisotopic (exact) mass is 183 g/mol. The van der Waals surface area contributed by atoms with Crippen molar-refractivity contribution in [3.63, 3.8) is 0 Å². The Morgan fingerprint density at radius 3 is 2.50 bits per heavy atom. The van der Waals surface area contributed by atoms with Gasteiger partial charge in [-0.3, -0.25) is 0 Å². The van der Waals surface area contributed by atoms with Gasteiger partial charge in [0.1, 0.15) is 0 Å². The standard InChI is InChI=1S/C13H13N/c14-13-8-6-12(7-9-13)10-11-4-2-1-3-5-11/h1-6,8-10H,7,14H2. The second kappa shape index (κ2) is 3.97. The van der Waals surface area contributed by atoms with Gasteiger partial charge in [-0.2, -0.15) is 0 Å². The molecule has 1 aliphatic rings. The third-order valence-electron chi connectivity index (χ3n) is 2.21. The Bertz CT molecular complexity index is 397. The molecular weight excluding hydrogens is 170 g/mol. The average Bonchev–Trinajstić information content (AvgIpc) is 2.23. The normalized spacial score (nSPS) is 18.3. The van der Waals surface area contributed by atoms with Crippen LogP contribution in [0.3, 0.4) is 0 Å². The van der Waals surface area contributed by atoms with Gasteiger partial charge in [-0.05, 0) is 23.6 Å². The minimum absolute atomic E-state index is 0.857. The van der Waals surface area contributed by atoms with Crippen molar-refractivity contribution in [1.82, 2.24) is 0 Å². The summed E-state index contributed by atoms with van der Waals surface area (Å²) in [6, 6.07) is 10.3. The molecule has 0 saturated carbocycles. The van der Waals surface area contributed by atoms with Crippen LogP contribution in [0.2, 0.25) is 0 Å². The van der Waals surface area contributed by atoms with Crippen LogP contribution in [-0.2, 0) is 0 Å². The predicted octanol–water partition coefficient (Wildman–Crippen LogP) is 2.87. The highest BCUT2D eigenvalue weighted by molar-refractivity contribution is 5.57. The quantitative estimate of drug-likeness (QED) is 0.711. The summed E-state index contributed by atoms with van der Waals surface area (Å²) in [5.41, 5.74) is 9.03. The van der Waals surface area contributed by atoms with E-state index in [9.17, 15) is 0 Å². The molecular formula is C13H13N. The van der Waals surface area contributed by atoms with Gasteiger partial charge in [0.25, 0.3) is 0 Å². The topological polar surface area (TPSA) is 26.0 Å². The van der Waals surface area contributed by atoms with Crippen LogP contribution < -0.4 is 5.73 Å². The highest BCUT2D eigenvalue weighted by Gasteiger charge is 1.97. The first-order valence-corrected chi connectivity index (χ1v) is 4.74. The van der Waals surface area contributed by atoms with Crippen molar-refractivity contribution in [2.24, 2.45) is 5.73 Å². The maximum Gasteiger partial charge on any atom is 0.0276 e. The molecule has 2 rings (SSSR count). The number of benzene rings is 1. The van der Waals surface area contributed by atoms with Crippen molar-refractivity contribution in [3.05, 3.63) is 65.4 Å². The molecule has 0 amide bonds. The molecule has 1 heteroatoms. The molecule has 1 aromatic rings. The van der Waals surface area contributed by atoms with Gasteiger partial charge in [0.2, 0.25) is 0 Å². The molecule has 0 bridgehead atoms. The third-order valence-corrected chi connectivity index (χ3v) is 2.21. The van der Waals surface area contributed by atoms with Crippen LogP contribution in [0.15, 0.2) is 59.8 Å². The summed E-state index contributed by atoms with van der Waals surface area (Å²) in [6.07, 6.45) is 9.16. The molecule has 0 fully saturated rings. The molecule has 0 aliphatic heterocycles. The fourth-order valence-corrected chi connectivity index (χ4v) is 1.45. The van der Waals surface area contributed by atoms with Crippen LogP contribution in [-0.4, -0.2) is 0 Å². The molecule has 0 spiro atoms. The molecule has 1 nitrogen and oxygen atoms in total. The smallest absolute Gasteiger partial charge is 0.0276 e. The van der Waals surface area contributed by atoms with E-state index in [0.717, 1.165) is 12.1 Å². The number of hydrogen-bond acceptors (Lipinski definition) is 1. The van der Waals surface area contributed by atoms with Crippen molar-refractivity contribution in [3.8, 4) is 0 Å². The second-order valence-electron chi connectivity index (χ2n) is 3.37. The maximum atomic E-state index is 5.64. The van der Waals surface area contributed by atoms with Gasteiger partial charge in [-0.15, -0.1) is 0 Å². The van der Waals surface area contributed by atoms with Crippen LogP contribution in [0, 0.1) is 0 Å². The lowest BCUT2D eigenvalue weighted by atomic mass is 10.0. The molecule has 0 radical (unpaired) electrons. The summed E-state index contributed by atoms with van der Waals surface area (Å²) in [5, 5.41) is 0. The van der Waals surface area contributed by atoms with Crippen LogP contribution >= 0.6 is 0 Å². The number of allylic oxidation sites excluding steroid dienone is 4. The lowest BCUT2D eigenvalue weighted by Crippen LogP contribution is -1.96. The zero-order valence-electron chi connectivity index (χ0n) is 7.98. The zero-order valence-corrected chi connectivity index (χ0v) is 7.98. The lowest BCUT2D eigenvalue weighted by Gasteiger charge is -2.05. The van der Waals surface area contributed by atoms with E-state index in [1.807, 2.05) is 30.4 Å². The van der Waals surface area contributed by atoms with Gasteiger partial charge in [0.05, 0.1) is 0 Å². The summed E-state index contributed by atoms with van der Waals surface area (Å²) in [4.78, 5) is 0. The van der Waals surface area contributed by atoms with E-state index in [4.69, 9.17) is 5.73 Å². The third kappa shape index (κ3) is 2.13. The summed E-state index contributed by atoms with van der Waals surface area (Å²) in [5.74, 6) is 0. The molecule has 1 aromatic carbocycles. The Kier molecular flexibility index (Phi) is 2.50. The van der Waals surface area contributed by atoms with Gasteiger partial charge in [0.15, 0.2) is 0 Å². The molecule has 0 heterocycles. The fourth-order valence-electron chi connectivity index (χ4n) is 1.45. The zero-order chi connectivity index (χ0) is 9.80. The van der Waals surface area contributed by atoms with Crippen molar-refractivity contribution in [1.29, 1.82) is 0 Å². The Balaban J connectivity index is 2.18. The minimum atomic E-state index is 0.857. The van der Waals surface area contributed by atoms with Crippen LogP contribution in [0.4, 0.5) is 0 Å². The van der Waals surface area contributed by atoms with Gasteiger partial charge in [0, 0.05) is 5.70 Å². The van der Waals surface area contributed by atoms with E-state index in [1.54, 1.807) is 0 Å². The molecule has 0 aromatic heterocycles. The van der Waals surface area contributed by atoms with E-state index in [-0.39, 0.29) is 0 Å². The summed E-state index contributed by atoms with van der Waals surface area (Å²) < 4.78 is 0. The first-order chi connectivity index (χ1) is 6.84. The number of nitrogens with two attached hydrogens (primary N) is 1. The summed E-state index contributed by atoms with van der Waals surface area (Å²) in [7, 11) is 0. The van der Waals surface area contributed by atoms with Gasteiger partial charge in [-0.25, -0.2) is 0 Å². The van der Waals surface area contributed by atoms with Crippen molar-refractivity contribution in [2.45, 2.75) is 6.42 Å². The van der Waals surface area contributed by atoms with E-state index >= 15 is 0 Å². The highest BCUT2D eigenvalue weighted by atomic mass is 14.6. The largest absolute Gasteiger partial charge is 0.399 e. The van der Waals surface area contributed by atoms with E-state index in [2.05, 4.69) is 24.3 Å². The van der Waals surface area contributed by atoms with Crippen molar-refractivity contribution >= 4 is 6.08 Å². The lowest BCUT2D eigenvalue weighted by molar-refractivity contribution is 1.21. The van der Waals surface area contributed by atoms with Crippen LogP contribution in [0.25, 0.3) is 6.08 Å². The second-order valence-corrected chi connectivity index (χ2v) is 3.37.